The Morgan fingerprint density at radius 3 is 2.30 bits per heavy atom. The largest absolute Gasteiger partial charge is 0.416 e. The quantitative estimate of drug-likeness (QED) is 0.524. The summed E-state index contributed by atoms with van der Waals surface area (Å²) in [6.45, 7) is 3.42. The number of benzene rings is 3. The number of ketones is 1. The van der Waals surface area contributed by atoms with E-state index in [1.165, 1.54) is 13.0 Å². The highest BCUT2D eigenvalue weighted by atomic mass is 19.4. The zero-order chi connectivity index (χ0) is 21.9. The highest BCUT2D eigenvalue weighted by Crippen LogP contribution is 2.31. The summed E-state index contributed by atoms with van der Waals surface area (Å²) in [7, 11) is 0. The Balaban J connectivity index is 1.85. The van der Waals surface area contributed by atoms with Crippen molar-refractivity contribution in [3.63, 3.8) is 0 Å². The van der Waals surface area contributed by atoms with Crippen molar-refractivity contribution in [3.05, 3.63) is 100 Å². The van der Waals surface area contributed by atoms with Crippen LogP contribution in [0.3, 0.4) is 0 Å². The van der Waals surface area contributed by atoms with Gasteiger partial charge in [0.15, 0.2) is 5.78 Å². The standard InChI is InChI=1S/C24H20F3NO2/c1-15-6-5-7-17(10-15)13-22(29)20-8-3-4-9-21(20)28-23(30)18-11-16(2)12-19(14-18)24(25,26)27/h3-12,14H,13H2,1-2H3,(H,28,30). The molecule has 3 rings (SSSR count). The molecule has 3 nitrogen and oxygen atoms in total. The molecule has 0 aliphatic carbocycles. The summed E-state index contributed by atoms with van der Waals surface area (Å²) in [5, 5.41) is 2.58. The number of anilines is 1. The smallest absolute Gasteiger partial charge is 0.321 e. The van der Waals surface area contributed by atoms with Crippen molar-refractivity contribution in [1.82, 2.24) is 0 Å². The molecule has 3 aromatic rings. The fraction of sp³-hybridized carbons (Fsp3) is 0.167. The molecule has 3 aromatic carbocycles. The molecular weight excluding hydrogens is 391 g/mol. The molecule has 0 saturated heterocycles. The summed E-state index contributed by atoms with van der Waals surface area (Å²) >= 11 is 0. The fourth-order valence-electron chi connectivity index (χ4n) is 3.21. The second kappa shape index (κ2) is 8.53. The molecule has 154 valence electrons. The Labute approximate surface area is 172 Å². The molecule has 0 unspecified atom stereocenters. The lowest BCUT2D eigenvalue weighted by molar-refractivity contribution is -0.137. The highest BCUT2D eigenvalue weighted by Gasteiger charge is 2.31. The van der Waals surface area contributed by atoms with E-state index in [0.717, 1.165) is 23.3 Å². The minimum atomic E-state index is -4.55. The number of hydrogen-bond donors (Lipinski definition) is 1. The van der Waals surface area contributed by atoms with Gasteiger partial charge in [-0.05, 0) is 55.3 Å². The fourth-order valence-corrected chi connectivity index (χ4v) is 3.21. The van der Waals surface area contributed by atoms with Crippen LogP contribution in [0.15, 0.2) is 66.7 Å². The van der Waals surface area contributed by atoms with E-state index in [0.29, 0.717) is 11.1 Å². The minimum absolute atomic E-state index is 0.122. The number of alkyl halides is 3. The van der Waals surface area contributed by atoms with E-state index in [4.69, 9.17) is 0 Å². The number of rotatable bonds is 5. The third-order valence-electron chi connectivity index (χ3n) is 4.59. The van der Waals surface area contributed by atoms with Crippen molar-refractivity contribution in [2.45, 2.75) is 26.4 Å². The zero-order valence-electron chi connectivity index (χ0n) is 16.5. The molecule has 0 aliphatic heterocycles. The molecule has 30 heavy (non-hydrogen) atoms. The van der Waals surface area contributed by atoms with Crippen molar-refractivity contribution in [2.75, 3.05) is 5.32 Å². The summed E-state index contributed by atoms with van der Waals surface area (Å²) in [6.07, 6.45) is -4.40. The van der Waals surface area contributed by atoms with Crippen molar-refractivity contribution >= 4 is 17.4 Å². The van der Waals surface area contributed by atoms with Gasteiger partial charge in [0.25, 0.3) is 5.91 Å². The maximum atomic E-state index is 13.1. The van der Waals surface area contributed by atoms with Crippen LogP contribution in [0.4, 0.5) is 18.9 Å². The first-order valence-corrected chi connectivity index (χ1v) is 9.31. The number of amides is 1. The Bertz CT molecular complexity index is 1100. The third kappa shape index (κ3) is 5.14. The number of halogens is 3. The van der Waals surface area contributed by atoms with E-state index in [1.54, 1.807) is 24.3 Å². The van der Waals surface area contributed by atoms with E-state index >= 15 is 0 Å². The number of Topliss-reactive ketones (excluding diaryl/α,β-unsaturated/α-hetero) is 1. The highest BCUT2D eigenvalue weighted by molar-refractivity contribution is 6.10. The van der Waals surface area contributed by atoms with Gasteiger partial charge in [-0.3, -0.25) is 9.59 Å². The van der Waals surface area contributed by atoms with Gasteiger partial charge in [-0.25, -0.2) is 0 Å². The van der Waals surface area contributed by atoms with Gasteiger partial charge < -0.3 is 5.32 Å². The Hall–Kier alpha value is -3.41. The first kappa shape index (κ1) is 21.3. The Kier molecular flexibility index (Phi) is 6.06. The van der Waals surface area contributed by atoms with Crippen LogP contribution in [0.5, 0.6) is 0 Å². The summed E-state index contributed by atoms with van der Waals surface area (Å²) in [5.74, 6) is -0.906. The first-order valence-electron chi connectivity index (χ1n) is 9.31. The topological polar surface area (TPSA) is 46.2 Å². The Morgan fingerprint density at radius 2 is 1.60 bits per heavy atom. The minimum Gasteiger partial charge on any atom is -0.321 e. The van der Waals surface area contributed by atoms with Gasteiger partial charge in [-0.1, -0.05) is 42.0 Å². The van der Waals surface area contributed by atoms with Crippen molar-refractivity contribution < 1.29 is 22.8 Å². The number of aryl methyl sites for hydroxylation is 2. The molecule has 0 fully saturated rings. The number of hydrogen-bond acceptors (Lipinski definition) is 2. The van der Waals surface area contributed by atoms with Crippen LogP contribution in [-0.4, -0.2) is 11.7 Å². The van der Waals surface area contributed by atoms with Gasteiger partial charge in [-0.2, -0.15) is 13.2 Å². The summed E-state index contributed by atoms with van der Waals surface area (Å²) in [4.78, 5) is 25.4. The number of para-hydroxylation sites is 1. The normalized spacial score (nSPS) is 11.2. The van der Waals surface area contributed by atoms with Gasteiger partial charge in [-0.15, -0.1) is 0 Å². The zero-order valence-corrected chi connectivity index (χ0v) is 16.5. The van der Waals surface area contributed by atoms with Crippen LogP contribution in [-0.2, 0) is 12.6 Å². The van der Waals surface area contributed by atoms with Crippen LogP contribution >= 0.6 is 0 Å². The summed E-state index contributed by atoms with van der Waals surface area (Å²) < 4.78 is 39.2. The van der Waals surface area contributed by atoms with Gasteiger partial charge in [0.2, 0.25) is 0 Å². The van der Waals surface area contributed by atoms with Crippen LogP contribution in [0.25, 0.3) is 0 Å². The predicted molar refractivity (Wildman–Crippen MR) is 110 cm³/mol. The number of carbonyl (C=O) groups is 2. The van der Waals surface area contributed by atoms with Crippen LogP contribution in [0, 0.1) is 13.8 Å². The van der Waals surface area contributed by atoms with Gasteiger partial charge >= 0.3 is 6.18 Å². The van der Waals surface area contributed by atoms with Crippen LogP contribution < -0.4 is 5.32 Å². The first-order chi connectivity index (χ1) is 14.1. The average molecular weight is 411 g/mol. The van der Waals surface area contributed by atoms with Crippen LogP contribution in [0.2, 0.25) is 0 Å². The Morgan fingerprint density at radius 1 is 0.867 bits per heavy atom. The SMILES string of the molecule is Cc1cccc(CC(=O)c2ccccc2NC(=O)c2cc(C)cc(C(F)(F)F)c2)c1. The maximum Gasteiger partial charge on any atom is 0.416 e. The van der Waals surface area contributed by atoms with E-state index in [2.05, 4.69) is 5.32 Å². The second-order valence-electron chi connectivity index (χ2n) is 7.17. The number of carbonyl (C=O) groups excluding carboxylic acids is 2. The molecule has 1 amide bonds. The van der Waals surface area contributed by atoms with Crippen molar-refractivity contribution in [3.8, 4) is 0 Å². The van der Waals surface area contributed by atoms with Crippen LogP contribution in [0.1, 0.15) is 43.0 Å². The molecular formula is C24H20F3NO2. The third-order valence-corrected chi connectivity index (χ3v) is 4.59. The number of nitrogens with one attached hydrogen (secondary N) is 1. The maximum absolute atomic E-state index is 13.1. The molecule has 0 spiro atoms. The molecule has 0 heterocycles. The average Bonchev–Trinajstić information content (AvgIpc) is 2.67. The molecule has 0 atom stereocenters. The van der Waals surface area contributed by atoms with E-state index in [-0.39, 0.29) is 23.5 Å². The lowest BCUT2D eigenvalue weighted by atomic mass is 10.00. The summed E-state index contributed by atoms with van der Waals surface area (Å²) in [5.41, 5.74) is 1.74. The van der Waals surface area contributed by atoms with E-state index in [1.807, 2.05) is 31.2 Å². The van der Waals surface area contributed by atoms with Crippen molar-refractivity contribution in [1.29, 1.82) is 0 Å². The summed E-state index contributed by atoms with van der Waals surface area (Å²) in [6, 6.07) is 17.2. The molecule has 0 aromatic heterocycles. The monoisotopic (exact) mass is 411 g/mol. The van der Waals surface area contributed by atoms with Gasteiger partial charge in [0.1, 0.15) is 0 Å². The van der Waals surface area contributed by atoms with E-state index in [9.17, 15) is 22.8 Å². The molecule has 1 N–H and O–H groups in total. The lowest BCUT2D eigenvalue weighted by Gasteiger charge is -2.13. The molecule has 0 radical (unpaired) electrons. The van der Waals surface area contributed by atoms with E-state index < -0.39 is 17.6 Å². The van der Waals surface area contributed by atoms with Gasteiger partial charge in [0, 0.05) is 17.5 Å². The molecule has 0 bridgehead atoms. The molecule has 0 aliphatic rings. The predicted octanol–water partition coefficient (Wildman–Crippen LogP) is 6.00. The second-order valence-corrected chi connectivity index (χ2v) is 7.17. The van der Waals surface area contributed by atoms with Crippen molar-refractivity contribution in [2.24, 2.45) is 0 Å². The lowest BCUT2D eigenvalue weighted by Crippen LogP contribution is -2.17. The molecule has 0 saturated carbocycles. The molecule has 6 heteroatoms. The van der Waals surface area contributed by atoms with Gasteiger partial charge in [0.05, 0.1) is 11.3 Å².